The molecule has 2 nitrogen and oxygen atoms in total. The average molecular weight is 272 g/mol. The second-order valence-electron chi connectivity index (χ2n) is 4.69. The minimum Gasteiger partial charge on any atom is -0.378 e. The van der Waals surface area contributed by atoms with Crippen LogP contribution in [0.25, 0.3) is 0 Å². The Morgan fingerprint density at radius 3 is 2.42 bits per heavy atom. The van der Waals surface area contributed by atoms with Gasteiger partial charge in [0.05, 0.1) is 11.7 Å². The molecule has 0 amide bonds. The number of carbonyl (C=O) groups is 1. The summed E-state index contributed by atoms with van der Waals surface area (Å²) in [6.45, 7) is 0.658. The van der Waals surface area contributed by atoms with Crippen molar-refractivity contribution >= 4 is 5.78 Å². The molecule has 5 heteroatoms. The van der Waals surface area contributed by atoms with E-state index in [-0.39, 0.29) is 18.3 Å². The van der Waals surface area contributed by atoms with Crippen molar-refractivity contribution in [2.45, 2.75) is 38.0 Å². The second-order valence-corrected chi connectivity index (χ2v) is 4.69. The number of alkyl halides is 3. The smallest absolute Gasteiger partial charge is 0.378 e. The summed E-state index contributed by atoms with van der Waals surface area (Å²) in [7, 11) is 0. The zero-order valence-electron chi connectivity index (χ0n) is 10.4. The lowest BCUT2D eigenvalue weighted by atomic mass is 9.99. The maximum absolute atomic E-state index is 12.4. The van der Waals surface area contributed by atoms with E-state index in [1.54, 1.807) is 0 Å². The van der Waals surface area contributed by atoms with Gasteiger partial charge in [-0.3, -0.25) is 4.79 Å². The van der Waals surface area contributed by atoms with Gasteiger partial charge in [-0.2, -0.15) is 13.2 Å². The van der Waals surface area contributed by atoms with Crippen molar-refractivity contribution in [2.75, 3.05) is 6.61 Å². The number of ether oxygens (including phenoxy) is 1. The van der Waals surface area contributed by atoms with Crippen LogP contribution >= 0.6 is 0 Å². The predicted molar refractivity (Wildman–Crippen MR) is 64.0 cm³/mol. The Morgan fingerprint density at radius 1 is 1.21 bits per heavy atom. The van der Waals surface area contributed by atoms with Crippen LogP contribution in [0.1, 0.15) is 41.6 Å². The Bertz CT molecular complexity index is 431. The molecule has 0 spiro atoms. The SMILES string of the molecule is O=C(CC1CCCCO1)c1ccc(C(F)(F)F)cc1. The highest BCUT2D eigenvalue weighted by molar-refractivity contribution is 5.96. The van der Waals surface area contributed by atoms with Gasteiger partial charge in [0.25, 0.3) is 0 Å². The number of ketones is 1. The zero-order valence-corrected chi connectivity index (χ0v) is 10.4. The van der Waals surface area contributed by atoms with E-state index in [9.17, 15) is 18.0 Å². The molecule has 0 saturated carbocycles. The van der Waals surface area contributed by atoms with Gasteiger partial charge in [0, 0.05) is 18.6 Å². The lowest BCUT2D eigenvalue weighted by molar-refractivity contribution is -0.137. The number of benzene rings is 1. The molecular weight excluding hydrogens is 257 g/mol. The van der Waals surface area contributed by atoms with Crippen LogP contribution in [0.4, 0.5) is 13.2 Å². The van der Waals surface area contributed by atoms with E-state index in [4.69, 9.17) is 4.74 Å². The molecule has 1 saturated heterocycles. The Hall–Kier alpha value is -1.36. The quantitative estimate of drug-likeness (QED) is 0.781. The molecule has 0 aliphatic carbocycles. The maximum Gasteiger partial charge on any atom is 0.416 e. The van der Waals surface area contributed by atoms with Gasteiger partial charge in [-0.05, 0) is 31.4 Å². The molecule has 1 aliphatic rings. The van der Waals surface area contributed by atoms with E-state index in [2.05, 4.69) is 0 Å². The molecular formula is C14H15F3O2. The number of Topliss-reactive ketones (excluding diaryl/α,β-unsaturated/α-hetero) is 1. The van der Waals surface area contributed by atoms with Gasteiger partial charge >= 0.3 is 6.18 Å². The van der Waals surface area contributed by atoms with Crippen LogP contribution in [-0.4, -0.2) is 18.5 Å². The number of hydrogen-bond donors (Lipinski definition) is 0. The van der Waals surface area contributed by atoms with E-state index >= 15 is 0 Å². The first-order valence-corrected chi connectivity index (χ1v) is 6.29. The third kappa shape index (κ3) is 3.80. The fourth-order valence-electron chi connectivity index (χ4n) is 2.14. The number of halogens is 3. The normalized spacial score (nSPS) is 20.3. The fourth-order valence-corrected chi connectivity index (χ4v) is 2.14. The van der Waals surface area contributed by atoms with Crippen molar-refractivity contribution in [1.29, 1.82) is 0 Å². The van der Waals surface area contributed by atoms with Crippen LogP contribution in [0, 0.1) is 0 Å². The Labute approximate surface area is 109 Å². The van der Waals surface area contributed by atoms with Crippen molar-refractivity contribution in [3.05, 3.63) is 35.4 Å². The Kier molecular flexibility index (Phi) is 4.24. The van der Waals surface area contributed by atoms with Gasteiger partial charge in [-0.15, -0.1) is 0 Å². The molecule has 0 aromatic heterocycles. The van der Waals surface area contributed by atoms with Crippen molar-refractivity contribution in [1.82, 2.24) is 0 Å². The van der Waals surface area contributed by atoms with Crippen LogP contribution in [0.5, 0.6) is 0 Å². The molecule has 0 radical (unpaired) electrons. The summed E-state index contributed by atoms with van der Waals surface area (Å²) in [5.41, 5.74) is -0.430. The Morgan fingerprint density at radius 2 is 1.89 bits per heavy atom. The van der Waals surface area contributed by atoms with Crippen LogP contribution in [0.2, 0.25) is 0 Å². The standard InChI is InChI=1S/C14H15F3O2/c15-14(16,17)11-6-4-10(5-7-11)13(18)9-12-3-1-2-8-19-12/h4-7,12H,1-3,8-9H2. The summed E-state index contributed by atoms with van der Waals surface area (Å²) >= 11 is 0. The third-order valence-corrected chi connectivity index (χ3v) is 3.22. The predicted octanol–water partition coefficient (Wildman–Crippen LogP) is 3.85. The topological polar surface area (TPSA) is 26.3 Å². The van der Waals surface area contributed by atoms with E-state index in [0.29, 0.717) is 12.2 Å². The maximum atomic E-state index is 12.4. The van der Waals surface area contributed by atoms with E-state index in [1.807, 2.05) is 0 Å². The summed E-state index contributed by atoms with van der Waals surface area (Å²) in [5, 5.41) is 0. The first-order chi connectivity index (χ1) is 8.97. The highest BCUT2D eigenvalue weighted by Gasteiger charge is 2.30. The summed E-state index contributed by atoms with van der Waals surface area (Å²) in [6, 6.07) is 4.34. The molecule has 1 fully saturated rings. The molecule has 1 atom stereocenters. The van der Waals surface area contributed by atoms with Gasteiger partial charge in [0.2, 0.25) is 0 Å². The lowest BCUT2D eigenvalue weighted by Crippen LogP contribution is -2.22. The van der Waals surface area contributed by atoms with Crippen molar-refractivity contribution < 1.29 is 22.7 Å². The molecule has 1 unspecified atom stereocenters. The molecule has 1 heterocycles. The van der Waals surface area contributed by atoms with Crippen LogP contribution in [0.3, 0.4) is 0 Å². The van der Waals surface area contributed by atoms with Gasteiger partial charge < -0.3 is 4.74 Å². The van der Waals surface area contributed by atoms with Crippen LogP contribution < -0.4 is 0 Å². The minimum absolute atomic E-state index is 0.0939. The molecule has 0 N–H and O–H groups in total. The van der Waals surface area contributed by atoms with Crippen LogP contribution in [-0.2, 0) is 10.9 Å². The summed E-state index contributed by atoms with van der Waals surface area (Å²) in [4.78, 5) is 11.9. The number of rotatable bonds is 3. The first-order valence-electron chi connectivity index (χ1n) is 6.29. The zero-order chi connectivity index (χ0) is 13.9. The second kappa shape index (κ2) is 5.74. The summed E-state index contributed by atoms with van der Waals surface area (Å²) in [6.07, 6.45) is -1.34. The molecule has 1 aliphatic heterocycles. The highest BCUT2D eigenvalue weighted by atomic mass is 19.4. The van der Waals surface area contributed by atoms with E-state index < -0.39 is 11.7 Å². The number of carbonyl (C=O) groups excluding carboxylic acids is 1. The first kappa shape index (κ1) is 14.1. The summed E-state index contributed by atoms with van der Waals surface area (Å²) < 4.78 is 42.6. The van der Waals surface area contributed by atoms with E-state index in [1.165, 1.54) is 12.1 Å². The van der Waals surface area contributed by atoms with Crippen molar-refractivity contribution in [3.63, 3.8) is 0 Å². The molecule has 19 heavy (non-hydrogen) atoms. The van der Waals surface area contributed by atoms with Crippen molar-refractivity contribution in [2.24, 2.45) is 0 Å². The van der Waals surface area contributed by atoms with Crippen LogP contribution in [0.15, 0.2) is 24.3 Å². The molecule has 1 aromatic rings. The monoisotopic (exact) mass is 272 g/mol. The number of hydrogen-bond acceptors (Lipinski definition) is 2. The van der Waals surface area contributed by atoms with Gasteiger partial charge in [-0.25, -0.2) is 0 Å². The third-order valence-electron chi connectivity index (χ3n) is 3.22. The van der Waals surface area contributed by atoms with E-state index in [0.717, 1.165) is 31.4 Å². The molecule has 0 bridgehead atoms. The minimum atomic E-state index is -4.37. The fraction of sp³-hybridized carbons (Fsp3) is 0.500. The van der Waals surface area contributed by atoms with Crippen molar-refractivity contribution in [3.8, 4) is 0 Å². The Balaban J connectivity index is 1.99. The van der Waals surface area contributed by atoms with Gasteiger partial charge in [0.15, 0.2) is 5.78 Å². The lowest BCUT2D eigenvalue weighted by Gasteiger charge is -2.21. The average Bonchev–Trinajstić information content (AvgIpc) is 2.39. The van der Waals surface area contributed by atoms with Gasteiger partial charge in [-0.1, -0.05) is 12.1 Å². The summed E-state index contributed by atoms with van der Waals surface area (Å²) in [5.74, 6) is -0.166. The molecule has 2 rings (SSSR count). The largest absolute Gasteiger partial charge is 0.416 e. The van der Waals surface area contributed by atoms with Gasteiger partial charge in [0.1, 0.15) is 0 Å². The molecule has 1 aromatic carbocycles. The molecule has 104 valence electrons. The highest BCUT2D eigenvalue weighted by Crippen LogP contribution is 2.29.